The summed E-state index contributed by atoms with van der Waals surface area (Å²) < 4.78 is 23.1. The lowest BCUT2D eigenvalue weighted by molar-refractivity contribution is -0.115. The maximum atomic E-state index is 12.5. The Hall–Kier alpha value is -2.38. The number of amides is 1. The zero-order valence-electron chi connectivity index (χ0n) is 14.9. The van der Waals surface area contributed by atoms with E-state index < -0.39 is 10.0 Å². The first-order valence-corrected chi connectivity index (χ1v) is 10.1. The average molecular weight is 373 g/mol. The molecule has 0 saturated carbocycles. The van der Waals surface area contributed by atoms with Crippen LogP contribution in [0.3, 0.4) is 0 Å². The van der Waals surface area contributed by atoms with Gasteiger partial charge in [-0.2, -0.15) is 0 Å². The van der Waals surface area contributed by atoms with Crippen LogP contribution in [0.25, 0.3) is 0 Å². The van der Waals surface area contributed by atoms with E-state index in [-0.39, 0.29) is 23.4 Å². The van der Waals surface area contributed by atoms with Gasteiger partial charge in [0.05, 0.1) is 11.4 Å². The number of carbonyl (C=O) groups excluding carboxylic acids is 1. The van der Waals surface area contributed by atoms with Crippen LogP contribution >= 0.6 is 0 Å². The van der Waals surface area contributed by atoms with Gasteiger partial charge in [0.1, 0.15) is 0 Å². The van der Waals surface area contributed by atoms with Crippen LogP contribution in [0.15, 0.2) is 47.4 Å². The van der Waals surface area contributed by atoms with E-state index in [4.69, 9.17) is 5.14 Å². The highest BCUT2D eigenvalue weighted by atomic mass is 32.2. The molecule has 2 aromatic carbocycles. The Balaban J connectivity index is 1.78. The molecule has 1 heterocycles. The van der Waals surface area contributed by atoms with Crippen LogP contribution in [0.5, 0.6) is 0 Å². The number of anilines is 2. The van der Waals surface area contributed by atoms with Crippen molar-refractivity contribution < 1.29 is 13.2 Å². The molecule has 3 N–H and O–H groups in total. The van der Waals surface area contributed by atoms with Crippen LogP contribution < -0.4 is 15.4 Å². The van der Waals surface area contributed by atoms with Crippen molar-refractivity contribution in [2.75, 3.05) is 16.8 Å². The van der Waals surface area contributed by atoms with E-state index in [0.717, 1.165) is 28.9 Å². The molecule has 0 spiro atoms. The number of fused-ring (bicyclic) bond motifs is 1. The highest BCUT2D eigenvalue weighted by Crippen LogP contribution is 2.33. The summed E-state index contributed by atoms with van der Waals surface area (Å²) in [5, 5.41) is 8.19. The molecule has 1 unspecified atom stereocenters. The molecule has 0 bridgehead atoms. The first kappa shape index (κ1) is 18.4. The van der Waals surface area contributed by atoms with Crippen LogP contribution in [-0.2, 0) is 27.7 Å². The first-order valence-electron chi connectivity index (χ1n) is 8.59. The summed E-state index contributed by atoms with van der Waals surface area (Å²) in [4.78, 5) is 14.6. The van der Waals surface area contributed by atoms with Gasteiger partial charge in [-0.25, -0.2) is 13.6 Å². The second-order valence-electron chi connectivity index (χ2n) is 6.58. The first-order chi connectivity index (χ1) is 12.3. The summed E-state index contributed by atoms with van der Waals surface area (Å²) in [5.41, 5.74) is 3.69. The van der Waals surface area contributed by atoms with Crippen molar-refractivity contribution in [3.8, 4) is 0 Å². The van der Waals surface area contributed by atoms with E-state index in [0.29, 0.717) is 6.42 Å². The number of nitrogens with zero attached hydrogens (tertiary/aromatic N) is 1. The molecule has 0 aliphatic carbocycles. The number of carbonyl (C=O) groups is 1. The molecule has 0 radical (unpaired) electrons. The van der Waals surface area contributed by atoms with Gasteiger partial charge in [0.15, 0.2) is 0 Å². The molecule has 3 rings (SSSR count). The minimum atomic E-state index is -3.73. The predicted octanol–water partition coefficient (Wildman–Crippen LogP) is 2.29. The zero-order chi connectivity index (χ0) is 18.9. The molecule has 2 aromatic rings. The van der Waals surface area contributed by atoms with E-state index in [1.54, 1.807) is 12.1 Å². The van der Waals surface area contributed by atoms with Gasteiger partial charge in [-0.05, 0) is 55.2 Å². The van der Waals surface area contributed by atoms with Crippen molar-refractivity contribution in [1.82, 2.24) is 0 Å². The summed E-state index contributed by atoms with van der Waals surface area (Å²) in [6.45, 7) is 4.28. The number of nitrogens with two attached hydrogens (primary N) is 1. The molecule has 0 fully saturated rings. The number of aryl methyl sites for hydroxylation is 1. The van der Waals surface area contributed by atoms with Gasteiger partial charge in [-0.1, -0.05) is 25.1 Å². The fourth-order valence-electron chi connectivity index (χ4n) is 3.38. The summed E-state index contributed by atoms with van der Waals surface area (Å²) >= 11 is 0. The molecule has 1 aliphatic rings. The standard InChI is InChI=1S/C19H23N3O3S/c1-3-14-6-4-5-7-17(14)21-19(23)12-22-13(2)10-15-11-16(26(20,24)25)8-9-18(15)22/h4-9,11,13H,3,10,12H2,1-2H3,(H,21,23)(H2,20,24,25). The number of benzene rings is 2. The van der Waals surface area contributed by atoms with Crippen molar-refractivity contribution in [2.45, 2.75) is 37.6 Å². The molecule has 1 amide bonds. The molecule has 1 aliphatic heterocycles. The van der Waals surface area contributed by atoms with E-state index in [1.807, 2.05) is 43.0 Å². The van der Waals surface area contributed by atoms with Gasteiger partial charge in [-0.15, -0.1) is 0 Å². The Bertz CT molecular complexity index is 941. The Kier molecular flexibility index (Phi) is 5.02. The fourth-order valence-corrected chi connectivity index (χ4v) is 3.95. The minimum Gasteiger partial charge on any atom is -0.359 e. The largest absolute Gasteiger partial charge is 0.359 e. The third-order valence-corrected chi connectivity index (χ3v) is 5.63. The molecule has 26 heavy (non-hydrogen) atoms. The van der Waals surface area contributed by atoms with E-state index in [2.05, 4.69) is 5.32 Å². The number of primary sulfonamides is 1. The van der Waals surface area contributed by atoms with Gasteiger partial charge in [0.25, 0.3) is 0 Å². The Morgan fingerprint density at radius 3 is 2.69 bits per heavy atom. The highest BCUT2D eigenvalue weighted by molar-refractivity contribution is 7.89. The maximum Gasteiger partial charge on any atom is 0.243 e. The average Bonchev–Trinajstić information content (AvgIpc) is 2.89. The zero-order valence-corrected chi connectivity index (χ0v) is 15.7. The summed E-state index contributed by atoms with van der Waals surface area (Å²) in [5.74, 6) is -0.0962. The summed E-state index contributed by atoms with van der Waals surface area (Å²) in [6, 6.07) is 12.7. The van der Waals surface area contributed by atoms with Crippen molar-refractivity contribution >= 4 is 27.3 Å². The smallest absolute Gasteiger partial charge is 0.243 e. The number of rotatable bonds is 5. The molecule has 0 saturated heterocycles. The van der Waals surface area contributed by atoms with Crippen LogP contribution in [0.4, 0.5) is 11.4 Å². The normalized spacial score (nSPS) is 16.4. The topological polar surface area (TPSA) is 92.5 Å². The van der Waals surface area contributed by atoms with Gasteiger partial charge < -0.3 is 10.2 Å². The van der Waals surface area contributed by atoms with Crippen LogP contribution in [0, 0.1) is 0 Å². The quantitative estimate of drug-likeness (QED) is 0.841. The number of hydrogen-bond donors (Lipinski definition) is 2. The molecular formula is C19H23N3O3S. The van der Waals surface area contributed by atoms with E-state index in [9.17, 15) is 13.2 Å². The van der Waals surface area contributed by atoms with Gasteiger partial charge in [-0.3, -0.25) is 4.79 Å². The molecular weight excluding hydrogens is 350 g/mol. The molecule has 138 valence electrons. The number of hydrogen-bond acceptors (Lipinski definition) is 4. The van der Waals surface area contributed by atoms with Gasteiger partial charge >= 0.3 is 0 Å². The lowest BCUT2D eigenvalue weighted by Crippen LogP contribution is -2.37. The number of para-hydroxylation sites is 1. The number of sulfonamides is 1. The van der Waals surface area contributed by atoms with Crippen molar-refractivity contribution in [2.24, 2.45) is 5.14 Å². The van der Waals surface area contributed by atoms with Crippen LogP contribution in [0.2, 0.25) is 0 Å². The van der Waals surface area contributed by atoms with E-state index >= 15 is 0 Å². The Labute approximate surface area is 154 Å². The molecule has 6 nitrogen and oxygen atoms in total. The number of nitrogens with one attached hydrogen (secondary N) is 1. The van der Waals surface area contributed by atoms with E-state index in [1.165, 1.54) is 6.07 Å². The summed E-state index contributed by atoms with van der Waals surface area (Å²) in [6.07, 6.45) is 1.52. The third kappa shape index (κ3) is 3.73. The second kappa shape index (κ2) is 7.09. The molecule has 0 aromatic heterocycles. The monoisotopic (exact) mass is 373 g/mol. The lowest BCUT2D eigenvalue weighted by Gasteiger charge is -2.24. The second-order valence-corrected chi connectivity index (χ2v) is 8.14. The van der Waals surface area contributed by atoms with Crippen molar-refractivity contribution in [1.29, 1.82) is 0 Å². The fraction of sp³-hybridized carbons (Fsp3) is 0.316. The predicted molar refractivity (Wildman–Crippen MR) is 103 cm³/mol. The lowest BCUT2D eigenvalue weighted by atomic mass is 10.1. The van der Waals surface area contributed by atoms with Crippen LogP contribution in [-0.4, -0.2) is 26.9 Å². The maximum absolute atomic E-state index is 12.5. The Morgan fingerprint density at radius 1 is 1.27 bits per heavy atom. The van der Waals surface area contributed by atoms with Crippen molar-refractivity contribution in [3.05, 3.63) is 53.6 Å². The van der Waals surface area contributed by atoms with Crippen LogP contribution in [0.1, 0.15) is 25.0 Å². The third-order valence-electron chi connectivity index (χ3n) is 4.72. The van der Waals surface area contributed by atoms with Gasteiger partial charge in [0.2, 0.25) is 15.9 Å². The summed E-state index contributed by atoms with van der Waals surface area (Å²) in [7, 11) is -3.73. The van der Waals surface area contributed by atoms with Crippen molar-refractivity contribution in [3.63, 3.8) is 0 Å². The Morgan fingerprint density at radius 2 is 2.00 bits per heavy atom. The molecule has 1 atom stereocenters. The SMILES string of the molecule is CCc1ccccc1NC(=O)CN1c2ccc(S(N)(=O)=O)cc2CC1C. The minimum absolute atomic E-state index is 0.0962. The highest BCUT2D eigenvalue weighted by Gasteiger charge is 2.28. The van der Waals surface area contributed by atoms with Gasteiger partial charge in [0, 0.05) is 17.4 Å². The molecule has 7 heteroatoms.